The molecule has 0 saturated heterocycles. The number of anilines is 1. The van der Waals surface area contributed by atoms with E-state index in [0.29, 0.717) is 11.5 Å². The monoisotopic (exact) mass is 213 g/mol. The number of thiophene rings is 1. The summed E-state index contributed by atoms with van der Waals surface area (Å²) in [6.45, 7) is 1.57. The summed E-state index contributed by atoms with van der Waals surface area (Å²) in [5.74, 6) is -0.889. The topological polar surface area (TPSA) is 49.8 Å². The highest BCUT2D eigenvalue weighted by Crippen LogP contribution is 2.38. The minimum absolute atomic E-state index is 0.337. The molecule has 0 aliphatic carbocycles. The van der Waals surface area contributed by atoms with Gasteiger partial charge in [0.2, 0.25) is 0 Å². The van der Waals surface area contributed by atoms with Gasteiger partial charge in [0.05, 0.1) is 12.3 Å². The minimum atomic E-state index is -0.889. The van der Waals surface area contributed by atoms with E-state index in [9.17, 15) is 4.79 Å². The quantitative estimate of drug-likeness (QED) is 0.770. The van der Waals surface area contributed by atoms with Crippen LogP contribution in [0.4, 0.5) is 5.69 Å². The highest BCUT2D eigenvalue weighted by molar-refractivity contribution is 7.16. The highest BCUT2D eigenvalue weighted by atomic mass is 32.1. The van der Waals surface area contributed by atoms with Gasteiger partial charge in [-0.25, -0.2) is 4.79 Å². The van der Waals surface area contributed by atoms with E-state index < -0.39 is 5.97 Å². The number of nitrogens with zero attached hydrogens (tertiary/aromatic N) is 1. The Bertz CT molecular complexity index is 361. The van der Waals surface area contributed by atoms with Crippen LogP contribution in [0.3, 0.4) is 0 Å². The maximum Gasteiger partial charge on any atom is 0.346 e. The summed E-state index contributed by atoms with van der Waals surface area (Å²) in [7, 11) is 1.95. The Balaban J connectivity index is 2.38. The van der Waals surface area contributed by atoms with E-state index in [1.807, 2.05) is 11.9 Å². The Morgan fingerprint density at radius 2 is 2.50 bits per heavy atom. The molecule has 0 fully saturated rings. The number of rotatable bonds is 1. The number of carboxylic acid groups (broad SMARTS) is 1. The number of hydrogen-bond donors (Lipinski definition) is 1. The van der Waals surface area contributed by atoms with E-state index in [2.05, 4.69) is 0 Å². The fraction of sp³-hybridized carbons (Fsp3) is 0.444. The van der Waals surface area contributed by atoms with Gasteiger partial charge in [-0.05, 0) is 12.5 Å². The molecule has 0 aromatic carbocycles. The average Bonchev–Trinajstić information content (AvgIpc) is 2.49. The molecule has 0 atom stereocenters. The molecule has 1 aliphatic heterocycles. The van der Waals surface area contributed by atoms with Crippen molar-refractivity contribution < 1.29 is 14.6 Å². The van der Waals surface area contributed by atoms with Crippen LogP contribution in [-0.4, -0.2) is 31.3 Å². The van der Waals surface area contributed by atoms with Crippen LogP contribution < -0.4 is 9.64 Å². The predicted molar refractivity (Wildman–Crippen MR) is 54.7 cm³/mol. The van der Waals surface area contributed by atoms with Crippen molar-refractivity contribution in [3.63, 3.8) is 0 Å². The summed E-state index contributed by atoms with van der Waals surface area (Å²) in [6, 6.07) is 1.67. The SMILES string of the molecule is CN1CCCOc2sc(C(=O)O)cc21. The zero-order valence-corrected chi connectivity index (χ0v) is 8.63. The van der Waals surface area contributed by atoms with Crippen LogP contribution >= 0.6 is 11.3 Å². The van der Waals surface area contributed by atoms with Gasteiger partial charge in [0.25, 0.3) is 0 Å². The maximum absolute atomic E-state index is 10.7. The Hall–Kier alpha value is -1.23. The molecule has 0 unspecified atom stereocenters. The lowest BCUT2D eigenvalue weighted by Gasteiger charge is -2.13. The fourth-order valence-corrected chi connectivity index (χ4v) is 2.35. The van der Waals surface area contributed by atoms with E-state index in [-0.39, 0.29) is 0 Å². The Labute approximate surface area is 85.7 Å². The zero-order chi connectivity index (χ0) is 10.1. The number of carbonyl (C=O) groups is 1. The molecule has 2 heterocycles. The molecule has 1 aromatic rings. The largest absolute Gasteiger partial charge is 0.482 e. The van der Waals surface area contributed by atoms with Crippen LogP contribution in [0.1, 0.15) is 16.1 Å². The number of aromatic carboxylic acids is 1. The van der Waals surface area contributed by atoms with Crippen molar-refractivity contribution in [1.82, 2.24) is 0 Å². The van der Waals surface area contributed by atoms with E-state index in [1.54, 1.807) is 6.07 Å². The lowest BCUT2D eigenvalue weighted by molar-refractivity contribution is 0.0702. The van der Waals surface area contributed by atoms with Crippen molar-refractivity contribution >= 4 is 23.0 Å². The zero-order valence-electron chi connectivity index (χ0n) is 7.82. The molecule has 1 aliphatic rings. The maximum atomic E-state index is 10.7. The summed E-state index contributed by atoms with van der Waals surface area (Å²) in [4.78, 5) is 13.1. The summed E-state index contributed by atoms with van der Waals surface area (Å²) >= 11 is 1.20. The number of ether oxygens (including phenoxy) is 1. The van der Waals surface area contributed by atoms with E-state index in [4.69, 9.17) is 9.84 Å². The van der Waals surface area contributed by atoms with Gasteiger partial charge in [-0.2, -0.15) is 0 Å². The van der Waals surface area contributed by atoms with Crippen LogP contribution in [0.5, 0.6) is 5.06 Å². The fourth-order valence-electron chi connectivity index (χ4n) is 1.43. The first-order valence-electron chi connectivity index (χ1n) is 4.39. The molecule has 1 N–H and O–H groups in total. The molecule has 0 amide bonds. The molecule has 1 aromatic heterocycles. The van der Waals surface area contributed by atoms with Crippen LogP contribution in [0.2, 0.25) is 0 Å². The molecule has 14 heavy (non-hydrogen) atoms. The summed E-state index contributed by atoms with van der Waals surface area (Å²) in [6.07, 6.45) is 0.973. The lowest BCUT2D eigenvalue weighted by Crippen LogP contribution is -2.16. The van der Waals surface area contributed by atoms with Gasteiger partial charge in [0.15, 0.2) is 5.06 Å². The average molecular weight is 213 g/mol. The van der Waals surface area contributed by atoms with E-state index in [0.717, 1.165) is 23.7 Å². The first-order valence-corrected chi connectivity index (χ1v) is 5.21. The van der Waals surface area contributed by atoms with Gasteiger partial charge in [0.1, 0.15) is 4.88 Å². The molecule has 5 heteroatoms. The third-order valence-corrected chi connectivity index (χ3v) is 3.20. The van der Waals surface area contributed by atoms with Gasteiger partial charge in [-0.1, -0.05) is 11.3 Å². The molecular formula is C9H11NO3S. The van der Waals surface area contributed by atoms with Gasteiger partial charge >= 0.3 is 5.97 Å². The van der Waals surface area contributed by atoms with Crippen molar-refractivity contribution in [3.05, 3.63) is 10.9 Å². The molecule has 76 valence electrons. The Morgan fingerprint density at radius 1 is 1.71 bits per heavy atom. The van der Waals surface area contributed by atoms with Crippen LogP contribution in [-0.2, 0) is 0 Å². The normalized spacial score (nSPS) is 15.6. The molecule has 4 nitrogen and oxygen atoms in total. The van der Waals surface area contributed by atoms with Crippen molar-refractivity contribution in [2.45, 2.75) is 6.42 Å². The first kappa shape index (κ1) is 9.33. The third kappa shape index (κ3) is 1.55. The van der Waals surface area contributed by atoms with Gasteiger partial charge in [-0.3, -0.25) is 0 Å². The van der Waals surface area contributed by atoms with Gasteiger partial charge < -0.3 is 14.7 Å². The summed E-state index contributed by atoms with van der Waals surface area (Å²) < 4.78 is 5.46. The Morgan fingerprint density at radius 3 is 3.21 bits per heavy atom. The summed E-state index contributed by atoms with van der Waals surface area (Å²) in [5, 5.41) is 9.55. The molecular weight excluding hydrogens is 202 g/mol. The Kier molecular flexibility index (Phi) is 2.33. The molecule has 0 spiro atoms. The molecule has 2 rings (SSSR count). The van der Waals surface area contributed by atoms with Gasteiger partial charge in [0, 0.05) is 13.6 Å². The van der Waals surface area contributed by atoms with E-state index >= 15 is 0 Å². The predicted octanol–water partition coefficient (Wildman–Crippen LogP) is 1.67. The van der Waals surface area contributed by atoms with E-state index in [1.165, 1.54) is 11.3 Å². The third-order valence-electron chi connectivity index (χ3n) is 2.17. The van der Waals surface area contributed by atoms with Crippen molar-refractivity contribution in [2.75, 3.05) is 25.1 Å². The van der Waals surface area contributed by atoms with Crippen LogP contribution in [0, 0.1) is 0 Å². The highest BCUT2D eigenvalue weighted by Gasteiger charge is 2.19. The molecule has 0 bridgehead atoms. The number of fused-ring (bicyclic) bond motifs is 1. The first-order chi connectivity index (χ1) is 6.68. The lowest BCUT2D eigenvalue weighted by atomic mass is 10.3. The van der Waals surface area contributed by atoms with Crippen LogP contribution in [0.25, 0.3) is 0 Å². The van der Waals surface area contributed by atoms with Gasteiger partial charge in [-0.15, -0.1) is 0 Å². The standard InChI is InChI=1S/C9H11NO3S/c1-10-3-2-4-13-9-6(10)5-7(14-9)8(11)12/h5H,2-4H2,1H3,(H,11,12). The summed E-state index contributed by atoms with van der Waals surface area (Å²) in [5.41, 5.74) is 0.893. The second-order valence-electron chi connectivity index (χ2n) is 3.21. The second-order valence-corrected chi connectivity index (χ2v) is 4.23. The van der Waals surface area contributed by atoms with Crippen molar-refractivity contribution in [3.8, 4) is 5.06 Å². The number of carboxylic acids is 1. The number of hydrogen-bond acceptors (Lipinski definition) is 4. The minimum Gasteiger partial charge on any atom is -0.482 e. The second kappa shape index (κ2) is 3.49. The van der Waals surface area contributed by atoms with Crippen LogP contribution in [0.15, 0.2) is 6.07 Å². The molecule has 0 radical (unpaired) electrons. The molecule has 0 saturated carbocycles. The van der Waals surface area contributed by atoms with Crippen molar-refractivity contribution in [1.29, 1.82) is 0 Å². The smallest absolute Gasteiger partial charge is 0.346 e. The van der Waals surface area contributed by atoms with Crippen molar-refractivity contribution in [2.24, 2.45) is 0 Å².